The Kier molecular flexibility index (Phi) is 4.23. The predicted octanol–water partition coefficient (Wildman–Crippen LogP) is 0.373. The van der Waals surface area contributed by atoms with E-state index in [9.17, 15) is 13.2 Å². The first kappa shape index (κ1) is 11.4. The number of ether oxygens (including phenoxy) is 1. The molecule has 0 heterocycles. The highest BCUT2D eigenvalue weighted by atomic mass is 32.2. The molecule has 0 aromatic carbocycles. The van der Waals surface area contributed by atoms with Crippen LogP contribution in [0, 0.1) is 0 Å². The molecule has 1 atom stereocenters. The SMILES string of the molecule is CCCOC(=O)C(C)S(C)(=O)=O. The highest BCUT2D eigenvalue weighted by molar-refractivity contribution is 7.92. The van der Waals surface area contributed by atoms with E-state index in [1.54, 1.807) is 0 Å². The lowest BCUT2D eigenvalue weighted by molar-refractivity contribution is -0.142. The molecule has 4 nitrogen and oxygen atoms in total. The van der Waals surface area contributed by atoms with Gasteiger partial charge in [-0.05, 0) is 13.3 Å². The molecule has 0 aromatic heterocycles. The van der Waals surface area contributed by atoms with Gasteiger partial charge in [0.25, 0.3) is 0 Å². The van der Waals surface area contributed by atoms with Crippen LogP contribution in [-0.4, -0.2) is 32.5 Å². The number of hydrogen-bond acceptors (Lipinski definition) is 4. The lowest BCUT2D eigenvalue weighted by Gasteiger charge is -2.08. The zero-order valence-corrected chi connectivity index (χ0v) is 8.35. The van der Waals surface area contributed by atoms with Gasteiger partial charge in [0.2, 0.25) is 0 Å². The Labute approximate surface area is 72.8 Å². The van der Waals surface area contributed by atoms with Gasteiger partial charge in [0.15, 0.2) is 15.1 Å². The van der Waals surface area contributed by atoms with E-state index in [2.05, 4.69) is 4.74 Å². The Bertz CT molecular complexity index is 242. The van der Waals surface area contributed by atoms with Crippen molar-refractivity contribution >= 4 is 15.8 Å². The fourth-order valence-corrected chi connectivity index (χ4v) is 0.912. The van der Waals surface area contributed by atoms with E-state index in [4.69, 9.17) is 0 Å². The summed E-state index contributed by atoms with van der Waals surface area (Å²) in [6.07, 6.45) is 1.72. The molecule has 0 aromatic rings. The first-order chi connectivity index (χ1) is 5.39. The molecular formula is C7H14O4S. The molecule has 0 radical (unpaired) electrons. The topological polar surface area (TPSA) is 60.4 Å². The monoisotopic (exact) mass is 194 g/mol. The molecule has 0 saturated heterocycles. The molecule has 5 heteroatoms. The van der Waals surface area contributed by atoms with Crippen molar-refractivity contribution in [3.05, 3.63) is 0 Å². The Balaban J connectivity index is 4.12. The van der Waals surface area contributed by atoms with Gasteiger partial charge >= 0.3 is 5.97 Å². The van der Waals surface area contributed by atoms with E-state index >= 15 is 0 Å². The van der Waals surface area contributed by atoms with Crippen LogP contribution in [0.2, 0.25) is 0 Å². The van der Waals surface area contributed by atoms with E-state index in [0.717, 1.165) is 6.26 Å². The molecule has 0 bridgehead atoms. The molecule has 1 unspecified atom stereocenters. The molecule has 0 N–H and O–H groups in total. The van der Waals surface area contributed by atoms with Crippen LogP contribution in [-0.2, 0) is 19.4 Å². The third-order valence-corrected chi connectivity index (χ3v) is 2.90. The molecule has 0 rings (SSSR count). The summed E-state index contributed by atoms with van der Waals surface area (Å²) in [6, 6.07) is 0. The number of hydrogen-bond donors (Lipinski definition) is 0. The molecule has 0 fully saturated rings. The second kappa shape index (κ2) is 4.45. The van der Waals surface area contributed by atoms with Crippen LogP contribution in [0.25, 0.3) is 0 Å². The van der Waals surface area contributed by atoms with E-state index in [1.807, 2.05) is 6.92 Å². The molecule has 0 aliphatic heterocycles. The first-order valence-electron chi connectivity index (χ1n) is 3.75. The van der Waals surface area contributed by atoms with Crippen LogP contribution in [0.4, 0.5) is 0 Å². The molecule has 12 heavy (non-hydrogen) atoms. The van der Waals surface area contributed by atoms with Gasteiger partial charge < -0.3 is 4.74 Å². The predicted molar refractivity (Wildman–Crippen MR) is 45.6 cm³/mol. The van der Waals surface area contributed by atoms with Gasteiger partial charge in [0.05, 0.1) is 6.61 Å². The van der Waals surface area contributed by atoms with Gasteiger partial charge in [-0.2, -0.15) is 0 Å². The zero-order valence-electron chi connectivity index (χ0n) is 7.53. The summed E-state index contributed by atoms with van der Waals surface area (Å²) in [6.45, 7) is 3.45. The quantitative estimate of drug-likeness (QED) is 0.607. The normalized spacial score (nSPS) is 13.9. The van der Waals surface area contributed by atoms with Crippen molar-refractivity contribution in [1.29, 1.82) is 0 Å². The molecule has 0 aliphatic rings. The van der Waals surface area contributed by atoms with Crippen molar-refractivity contribution in [3.8, 4) is 0 Å². The fraction of sp³-hybridized carbons (Fsp3) is 0.857. The van der Waals surface area contributed by atoms with Gasteiger partial charge in [0.1, 0.15) is 0 Å². The maximum Gasteiger partial charge on any atom is 0.324 e. The minimum absolute atomic E-state index is 0.276. The van der Waals surface area contributed by atoms with Crippen molar-refractivity contribution in [2.45, 2.75) is 25.5 Å². The standard InChI is InChI=1S/C7H14O4S/c1-4-5-11-7(8)6(2)12(3,9)10/h6H,4-5H2,1-3H3. The summed E-state index contributed by atoms with van der Waals surface area (Å²) >= 11 is 0. The summed E-state index contributed by atoms with van der Waals surface area (Å²) in [5.74, 6) is -0.667. The summed E-state index contributed by atoms with van der Waals surface area (Å²) in [4.78, 5) is 10.9. The second-order valence-electron chi connectivity index (χ2n) is 2.64. The number of carbonyl (C=O) groups excluding carboxylic acids is 1. The zero-order chi connectivity index (χ0) is 9.78. The van der Waals surface area contributed by atoms with Gasteiger partial charge in [-0.1, -0.05) is 6.92 Å². The van der Waals surface area contributed by atoms with Gasteiger partial charge in [-0.15, -0.1) is 0 Å². The lowest BCUT2D eigenvalue weighted by Crippen LogP contribution is -2.28. The second-order valence-corrected chi connectivity index (χ2v) is 5.01. The van der Waals surface area contributed by atoms with E-state index < -0.39 is 21.1 Å². The number of esters is 1. The highest BCUT2D eigenvalue weighted by Gasteiger charge is 2.24. The first-order valence-corrected chi connectivity index (χ1v) is 5.70. The summed E-state index contributed by atoms with van der Waals surface area (Å²) in [5, 5.41) is -1.05. The minimum atomic E-state index is -3.31. The molecule has 0 amide bonds. The van der Waals surface area contributed by atoms with Crippen molar-refractivity contribution in [2.24, 2.45) is 0 Å². The minimum Gasteiger partial charge on any atom is -0.465 e. The van der Waals surface area contributed by atoms with Crippen LogP contribution in [0.3, 0.4) is 0 Å². The summed E-state index contributed by atoms with van der Waals surface area (Å²) < 4.78 is 26.3. The smallest absolute Gasteiger partial charge is 0.324 e. The molecule has 0 saturated carbocycles. The van der Waals surface area contributed by atoms with Gasteiger partial charge in [0, 0.05) is 6.26 Å². The summed E-state index contributed by atoms with van der Waals surface area (Å²) in [7, 11) is -3.31. The molecule has 72 valence electrons. The highest BCUT2D eigenvalue weighted by Crippen LogP contribution is 2.00. The van der Waals surface area contributed by atoms with Gasteiger partial charge in [-0.25, -0.2) is 8.42 Å². The van der Waals surface area contributed by atoms with E-state index in [0.29, 0.717) is 6.42 Å². The molecule has 0 aliphatic carbocycles. The molecular weight excluding hydrogens is 180 g/mol. The van der Waals surface area contributed by atoms with Crippen molar-refractivity contribution in [2.75, 3.05) is 12.9 Å². The third-order valence-electron chi connectivity index (χ3n) is 1.42. The van der Waals surface area contributed by atoms with Crippen LogP contribution in [0.5, 0.6) is 0 Å². The Morgan fingerprint density at radius 2 is 2.00 bits per heavy atom. The lowest BCUT2D eigenvalue weighted by atomic mass is 10.5. The fourth-order valence-electron chi connectivity index (χ4n) is 0.495. The van der Waals surface area contributed by atoms with Crippen molar-refractivity contribution in [1.82, 2.24) is 0 Å². The average Bonchev–Trinajstić information content (AvgIpc) is 1.97. The maximum atomic E-state index is 10.9. The molecule has 0 spiro atoms. The number of carbonyl (C=O) groups is 1. The number of sulfone groups is 1. The average molecular weight is 194 g/mol. The maximum absolute atomic E-state index is 10.9. The van der Waals surface area contributed by atoms with Crippen molar-refractivity contribution in [3.63, 3.8) is 0 Å². The largest absolute Gasteiger partial charge is 0.465 e. The third kappa shape index (κ3) is 3.71. The Morgan fingerprint density at radius 1 is 1.50 bits per heavy atom. The van der Waals surface area contributed by atoms with E-state index in [-0.39, 0.29) is 6.61 Å². The van der Waals surface area contributed by atoms with Crippen LogP contribution >= 0.6 is 0 Å². The van der Waals surface area contributed by atoms with Crippen LogP contribution in [0.1, 0.15) is 20.3 Å². The van der Waals surface area contributed by atoms with E-state index in [1.165, 1.54) is 6.92 Å². The number of rotatable bonds is 4. The Hall–Kier alpha value is -0.580. The van der Waals surface area contributed by atoms with Crippen molar-refractivity contribution < 1.29 is 17.9 Å². The summed E-state index contributed by atoms with van der Waals surface area (Å²) in [5.41, 5.74) is 0. The van der Waals surface area contributed by atoms with Crippen LogP contribution < -0.4 is 0 Å². The van der Waals surface area contributed by atoms with Crippen LogP contribution in [0.15, 0.2) is 0 Å². The Morgan fingerprint density at radius 3 is 2.33 bits per heavy atom. The van der Waals surface area contributed by atoms with Gasteiger partial charge in [-0.3, -0.25) is 4.79 Å².